The number of benzene rings is 1. The van der Waals surface area contributed by atoms with Gasteiger partial charge in [0.05, 0.1) is 0 Å². The second-order valence-corrected chi connectivity index (χ2v) is 6.77. The Bertz CT molecular complexity index is 705. The van der Waals surface area contributed by atoms with Gasteiger partial charge in [-0.2, -0.15) is 0 Å². The number of ketones is 1. The Kier molecular flexibility index (Phi) is 5.89. The highest BCUT2D eigenvalue weighted by molar-refractivity contribution is 9.10. The van der Waals surface area contributed by atoms with E-state index in [1.165, 1.54) is 6.92 Å². The summed E-state index contributed by atoms with van der Waals surface area (Å²) < 4.78 is 5.83. The number of rotatable bonds is 6. The lowest BCUT2D eigenvalue weighted by Crippen LogP contribution is -2.61. The van der Waals surface area contributed by atoms with Crippen LogP contribution >= 0.6 is 15.9 Å². The first-order valence-corrected chi connectivity index (χ1v) is 8.44. The lowest BCUT2D eigenvalue weighted by molar-refractivity contribution is -0.528. The quantitative estimate of drug-likeness (QED) is 0.330. The molecule has 2 atom stereocenters. The molecule has 1 aromatic carbocycles. The molecule has 0 saturated heterocycles. The van der Waals surface area contributed by atoms with Gasteiger partial charge < -0.3 is 10.1 Å². The lowest BCUT2D eigenvalue weighted by atomic mass is 9.93. The molecule has 1 N–H and O–H groups in total. The van der Waals surface area contributed by atoms with Crippen LogP contribution < -0.4 is 5.32 Å². The number of hydrogen-bond acceptors (Lipinski definition) is 6. The molecule has 1 amide bonds. The van der Waals surface area contributed by atoms with Crippen molar-refractivity contribution in [2.75, 3.05) is 6.61 Å². The summed E-state index contributed by atoms with van der Waals surface area (Å²) in [6, 6.07) is 5.21. The average molecular weight is 413 g/mol. The monoisotopic (exact) mass is 412 g/mol. The van der Waals surface area contributed by atoms with Gasteiger partial charge in [-0.3, -0.25) is 19.7 Å². The van der Waals surface area contributed by atoms with Gasteiger partial charge >= 0.3 is 5.97 Å². The fourth-order valence-corrected chi connectivity index (χ4v) is 3.26. The van der Waals surface area contributed by atoms with Crippen molar-refractivity contribution in [3.05, 3.63) is 44.4 Å². The third-order valence-corrected chi connectivity index (χ3v) is 4.66. The first kappa shape index (κ1) is 19.0. The number of nitrogens with one attached hydrogen (secondary N) is 1. The molecule has 1 fully saturated rings. The number of Topliss-reactive ketones (excluding diaryl/α,β-unsaturated/α-hetero) is 1. The van der Waals surface area contributed by atoms with Crippen LogP contribution in [0.25, 0.3) is 0 Å². The first-order valence-electron chi connectivity index (χ1n) is 7.64. The Hall–Kier alpha value is -2.29. The molecule has 0 bridgehead atoms. The van der Waals surface area contributed by atoms with Gasteiger partial charge in [0, 0.05) is 28.3 Å². The van der Waals surface area contributed by atoms with Gasteiger partial charge in [0.25, 0.3) is 0 Å². The number of hydrogen-bond donors (Lipinski definition) is 1. The molecule has 9 heteroatoms. The van der Waals surface area contributed by atoms with Crippen molar-refractivity contribution in [2.45, 2.75) is 37.8 Å². The van der Waals surface area contributed by atoms with Crippen LogP contribution in [0.4, 0.5) is 0 Å². The van der Waals surface area contributed by atoms with E-state index in [1.807, 2.05) is 0 Å². The molecular weight excluding hydrogens is 396 g/mol. The summed E-state index contributed by atoms with van der Waals surface area (Å²) >= 11 is 3.25. The number of amides is 1. The van der Waals surface area contributed by atoms with E-state index >= 15 is 0 Å². The van der Waals surface area contributed by atoms with E-state index in [2.05, 4.69) is 21.2 Å². The maximum Gasteiger partial charge on any atom is 0.339 e. The van der Waals surface area contributed by atoms with E-state index in [9.17, 15) is 24.5 Å². The molecule has 2 rings (SSSR count). The third-order valence-electron chi connectivity index (χ3n) is 4.14. The van der Waals surface area contributed by atoms with Gasteiger partial charge in [0.15, 0.2) is 12.4 Å². The van der Waals surface area contributed by atoms with E-state index in [-0.39, 0.29) is 12.8 Å². The van der Waals surface area contributed by atoms with Gasteiger partial charge in [-0.15, -0.1) is 0 Å². The molecule has 1 aliphatic carbocycles. The molecule has 1 aromatic rings. The summed E-state index contributed by atoms with van der Waals surface area (Å²) in [6.07, 6.45) is 0.661. The molecule has 0 aliphatic heterocycles. The maximum absolute atomic E-state index is 12.5. The largest absolute Gasteiger partial charge is 0.455 e. The summed E-state index contributed by atoms with van der Waals surface area (Å²) in [5.74, 6) is -1.95. The highest BCUT2D eigenvalue weighted by Gasteiger charge is 2.58. The second kappa shape index (κ2) is 7.73. The van der Waals surface area contributed by atoms with E-state index < -0.39 is 40.8 Å². The Morgan fingerprint density at radius 1 is 1.36 bits per heavy atom. The van der Waals surface area contributed by atoms with Crippen LogP contribution in [-0.2, 0) is 14.3 Å². The van der Waals surface area contributed by atoms with Crippen LogP contribution in [-0.4, -0.2) is 40.8 Å². The Labute approximate surface area is 152 Å². The fourth-order valence-electron chi connectivity index (χ4n) is 3.00. The second-order valence-electron chi connectivity index (χ2n) is 5.85. The molecule has 0 spiro atoms. The first-order chi connectivity index (χ1) is 11.8. The summed E-state index contributed by atoms with van der Waals surface area (Å²) in [4.78, 5) is 46.8. The number of carbonyl (C=O) groups excluding carboxylic acids is 3. The zero-order chi connectivity index (χ0) is 18.6. The van der Waals surface area contributed by atoms with Gasteiger partial charge in [0.1, 0.15) is 0 Å². The SMILES string of the molecule is CC(=O)NC1(C(=O)OCC(=O)c2ccc(Br)cc2)CCCC1[N+](=O)[O-]. The molecule has 1 saturated carbocycles. The maximum atomic E-state index is 12.5. The minimum absolute atomic E-state index is 0.101. The van der Waals surface area contributed by atoms with Crippen molar-refractivity contribution in [1.82, 2.24) is 5.32 Å². The van der Waals surface area contributed by atoms with Crippen LogP contribution in [0, 0.1) is 10.1 Å². The molecule has 8 nitrogen and oxygen atoms in total. The Morgan fingerprint density at radius 2 is 2.00 bits per heavy atom. The zero-order valence-electron chi connectivity index (χ0n) is 13.5. The van der Waals surface area contributed by atoms with Gasteiger partial charge in [-0.1, -0.05) is 28.1 Å². The van der Waals surface area contributed by atoms with E-state index in [0.717, 1.165) is 4.47 Å². The average Bonchev–Trinajstić information content (AvgIpc) is 2.97. The van der Waals surface area contributed by atoms with Gasteiger partial charge in [-0.05, 0) is 25.0 Å². The van der Waals surface area contributed by atoms with Crippen LogP contribution in [0.2, 0.25) is 0 Å². The van der Waals surface area contributed by atoms with Crippen LogP contribution in [0.3, 0.4) is 0 Å². The molecule has 0 radical (unpaired) electrons. The topological polar surface area (TPSA) is 116 Å². The van der Waals surface area contributed by atoms with Crippen molar-refractivity contribution in [2.24, 2.45) is 0 Å². The third kappa shape index (κ3) is 4.22. The molecule has 1 aliphatic rings. The van der Waals surface area contributed by atoms with Crippen LogP contribution in [0.1, 0.15) is 36.5 Å². The van der Waals surface area contributed by atoms with E-state index in [0.29, 0.717) is 12.0 Å². The van der Waals surface area contributed by atoms with Gasteiger partial charge in [0.2, 0.25) is 17.5 Å². The van der Waals surface area contributed by atoms with E-state index in [4.69, 9.17) is 4.74 Å². The highest BCUT2D eigenvalue weighted by atomic mass is 79.9. The Balaban J connectivity index is 2.12. The zero-order valence-corrected chi connectivity index (χ0v) is 15.1. The lowest BCUT2D eigenvalue weighted by Gasteiger charge is -2.28. The van der Waals surface area contributed by atoms with Crippen LogP contribution in [0.15, 0.2) is 28.7 Å². The summed E-state index contributed by atoms with van der Waals surface area (Å²) in [5, 5.41) is 13.7. The fraction of sp³-hybridized carbons (Fsp3) is 0.438. The number of ether oxygens (including phenoxy) is 1. The van der Waals surface area contributed by atoms with Crippen molar-refractivity contribution in [3.63, 3.8) is 0 Å². The standard InChI is InChI=1S/C16H17BrN2O6/c1-10(20)18-16(8-2-3-14(16)19(23)24)15(22)25-9-13(21)11-4-6-12(17)7-5-11/h4-7,14H,2-3,8-9H2,1H3,(H,18,20). The van der Waals surface area contributed by atoms with Crippen molar-refractivity contribution < 1.29 is 24.0 Å². The number of esters is 1. The normalized spacial score (nSPS) is 22.2. The van der Waals surface area contributed by atoms with Crippen molar-refractivity contribution >= 4 is 33.6 Å². The molecule has 0 heterocycles. The summed E-state index contributed by atoms with van der Waals surface area (Å²) in [7, 11) is 0. The van der Waals surface area contributed by atoms with Gasteiger partial charge in [-0.25, -0.2) is 4.79 Å². The predicted octanol–water partition coefficient (Wildman–Crippen LogP) is 1.88. The van der Waals surface area contributed by atoms with E-state index in [1.54, 1.807) is 24.3 Å². The molecule has 2 unspecified atom stereocenters. The number of carbonyl (C=O) groups is 3. The molecule has 0 aromatic heterocycles. The van der Waals surface area contributed by atoms with Crippen molar-refractivity contribution in [1.29, 1.82) is 0 Å². The van der Waals surface area contributed by atoms with Crippen molar-refractivity contribution in [3.8, 4) is 0 Å². The number of nitro groups is 1. The summed E-state index contributed by atoms with van der Waals surface area (Å²) in [6.45, 7) is 0.629. The minimum atomic E-state index is -1.73. The predicted molar refractivity (Wildman–Crippen MR) is 90.6 cm³/mol. The highest BCUT2D eigenvalue weighted by Crippen LogP contribution is 2.33. The summed E-state index contributed by atoms with van der Waals surface area (Å²) in [5.41, 5.74) is -1.38. The number of nitrogens with zero attached hydrogens (tertiary/aromatic N) is 1. The molecule has 25 heavy (non-hydrogen) atoms. The molecule has 134 valence electrons. The van der Waals surface area contributed by atoms with Crippen LogP contribution in [0.5, 0.6) is 0 Å². The number of halogens is 1. The Morgan fingerprint density at radius 3 is 2.56 bits per heavy atom. The molecular formula is C16H17BrN2O6. The smallest absolute Gasteiger partial charge is 0.339 e. The minimum Gasteiger partial charge on any atom is -0.455 e.